The van der Waals surface area contributed by atoms with Gasteiger partial charge in [0.15, 0.2) is 5.54 Å². The van der Waals surface area contributed by atoms with E-state index in [1.165, 1.54) is 39.5 Å². The van der Waals surface area contributed by atoms with Crippen LogP contribution in [0.2, 0.25) is 0 Å². The lowest BCUT2D eigenvalue weighted by molar-refractivity contribution is -0.165. The number of hydrogen-bond donors (Lipinski definition) is 4. The molecule has 0 fully saturated rings. The Morgan fingerprint density at radius 1 is 0.800 bits per heavy atom. The van der Waals surface area contributed by atoms with E-state index in [4.69, 9.17) is 37.7 Å². The summed E-state index contributed by atoms with van der Waals surface area (Å²) in [5.41, 5.74) is 5.84. The first kappa shape index (κ1) is 44.7. The maximum absolute atomic E-state index is 14.6. The number of carbonyl (C=O) groups is 1. The molecule has 2 rings (SSSR count). The number of benzene rings is 2. The van der Waals surface area contributed by atoms with E-state index in [2.05, 4.69) is 5.48 Å². The van der Waals surface area contributed by atoms with Crippen molar-refractivity contribution in [2.45, 2.75) is 70.4 Å². The molecule has 0 amide bonds. The van der Waals surface area contributed by atoms with Gasteiger partial charge in [0.25, 0.3) is 0 Å². The monoisotopic (exact) mass is 784 g/mol. The van der Waals surface area contributed by atoms with Gasteiger partial charge < -0.3 is 29.4 Å². The molecule has 0 bridgehead atoms. The van der Waals surface area contributed by atoms with Crippen LogP contribution in [0.1, 0.15) is 52.7 Å². The highest BCUT2D eigenvalue weighted by atomic mass is 32.2. The lowest BCUT2D eigenvalue weighted by atomic mass is 9.60. The minimum atomic E-state index is -4.74. The van der Waals surface area contributed by atoms with Gasteiger partial charge in [-0.3, -0.25) is 22.7 Å². The summed E-state index contributed by atoms with van der Waals surface area (Å²) in [5, 5.41) is 0. The molecule has 2 aromatic carbocycles. The topological polar surface area (TPSA) is 211 Å². The van der Waals surface area contributed by atoms with Crippen LogP contribution in [-0.2, 0) is 55.9 Å². The van der Waals surface area contributed by atoms with Crippen molar-refractivity contribution in [3.05, 3.63) is 71.8 Å². The van der Waals surface area contributed by atoms with Crippen molar-refractivity contribution < 1.29 is 60.3 Å². The Kier molecular flexibility index (Phi) is 18.0. The van der Waals surface area contributed by atoms with Crippen molar-refractivity contribution in [1.29, 1.82) is 0 Å². The second kappa shape index (κ2) is 20.1. The average molecular weight is 785 g/mol. The lowest BCUT2D eigenvalue weighted by Gasteiger charge is -2.49. The Hall–Kier alpha value is -1.45. The van der Waals surface area contributed by atoms with Gasteiger partial charge in [-0.25, -0.2) is 13.9 Å². The van der Waals surface area contributed by atoms with Crippen LogP contribution < -0.4 is 11.2 Å². The second-order valence-electron chi connectivity index (χ2n) is 11.0. The Morgan fingerprint density at radius 2 is 1.24 bits per heavy atom. The van der Waals surface area contributed by atoms with Crippen molar-refractivity contribution in [1.82, 2.24) is 5.48 Å². The summed E-state index contributed by atoms with van der Waals surface area (Å²) in [7, 11) is -13.4. The van der Waals surface area contributed by atoms with E-state index in [0.29, 0.717) is 11.1 Å². The zero-order valence-corrected chi connectivity index (χ0v) is 33.0. The SMILES string of the molecule is CCOP(=O)(O)OC(C)C(CNOC(=O)C(N)(C(C)OP(=O)(O)OCC)C(CSC)(c1ccccc1)c1ccccc1)P(=O)(OCC)OCC. The molecular formula is C31H51N2O13P3S. The van der Waals surface area contributed by atoms with Gasteiger partial charge in [0.1, 0.15) is 5.66 Å². The molecule has 6 unspecified atom stereocenters. The Balaban J connectivity index is 2.72. The highest BCUT2D eigenvalue weighted by Crippen LogP contribution is 2.57. The molecule has 0 aliphatic heterocycles. The number of nitrogens with one attached hydrogen (secondary N) is 1. The molecule has 15 nitrogen and oxygen atoms in total. The molecule has 2 aromatic rings. The number of phosphoric acid groups is 2. The Bertz CT molecular complexity index is 1430. The minimum absolute atomic E-state index is 0.0459. The molecule has 284 valence electrons. The molecule has 0 saturated carbocycles. The smallest absolute Gasteiger partial charge is 0.369 e. The van der Waals surface area contributed by atoms with E-state index in [-0.39, 0.29) is 32.2 Å². The van der Waals surface area contributed by atoms with Gasteiger partial charge in [-0.2, -0.15) is 17.2 Å². The van der Waals surface area contributed by atoms with Crippen LogP contribution in [0.3, 0.4) is 0 Å². The molecular weight excluding hydrogens is 733 g/mol. The molecule has 0 aliphatic rings. The minimum Gasteiger partial charge on any atom is -0.369 e. The fourth-order valence-corrected chi connectivity index (χ4v) is 10.7. The molecule has 0 spiro atoms. The summed E-state index contributed by atoms with van der Waals surface area (Å²) < 4.78 is 71.1. The third-order valence-corrected chi connectivity index (χ3v) is 13.5. The molecule has 0 aliphatic carbocycles. The van der Waals surface area contributed by atoms with E-state index < -0.39 is 64.6 Å². The number of hydroxylamine groups is 1. The van der Waals surface area contributed by atoms with Gasteiger partial charge in [0.05, 0.1) is 44.1 Å². The number of rotatable bonds is 24. The maximum atomic E-state index is 14.6. The summed E-state index contributed by atoms with van der Waals surface area (Å²) in [6.45, 7) is 8.03. The van der Waals surface area contributed by atoms with E-state index >= 15 is 0 Å². The predicted molar refractivity (Wildman–Crippen MR) is 192 cm³/mol. The van der Waals surface area contributed by atoms with Gasteiger partial charge in [-0.05, 0) is 58.9 Å². The predicted octanol–water partition coefficient (Wildman–Crippen LogP) is 5.80. The Labute approximate surface area is 298 Å². The standard InChI is InChI=1S/C31H51N2O13P3S/c1-8-40-47(35,41-9-2)28(24(5)45-48(36,37)42-10-3)22-33-44-29(34)31(32,25(6)46-49(38,39)43-11-4)30(23-50-7,26-18-14-12-15-19-26)27-20-16-13-17-21-27/h12-21,24-25,28,33H,8-11,22-23,32H2,1-7H3,(H,36,37)(H,38,39). The van der Waals surface area contributed by atoms with E-state index in [1.807, 2.05) is 6.26 Å². The molecule has 0 radical (unpaired) electrons. The average Bonchev–Trinajstić information content (AvgIpc) is 3.05. The first-order valence-corrected chi connectivity index (χ1v) is 22.1. The summed E-state index contributed by atoms with van der Waals surface area (Å²) >= 11 is 1.37. The summed E-state index contributed by atoms with van der Waals surface area (Å²) in [5.74, 6) is -0.953. The summed E-state index contributed by atoms with van der Waals surface area (Å²) in [6.07, 6.45) is -1.01. The van der Waals surface area contributed by atoms with Crippen molar-refractivity contribution in [3.8, 4) is 0 Å². The first-order valence-electron chi connectivity index (χ1n) is 16.1. The quantitative estimate of drug-likeness (QED) is 0.0732. The van der Waals surface area contributed by atoms with Gasteiger partial charge >= 0.3 is 29.2 Å². The summed E-state index contributed by atoms with van der Waals surface area (Å²) in [4.78, 5) is 41.0. The number of thioether (sulfide) groups is 1. The van der Waals surface area contributed by atoms with Gasteiger partial charge in [0.2, 0.25) is 0 Å². The van der Waals surface area contributed by atoms with Crippen LogP contribution in [0.4, 0.5) is 0 Å². The molecule has 0 heterocycles. The number of carbonyl (C=O) groups excluding carboxylic acids is 1. The highest BCUT2D eigenvalue weighted by molar-refractivity contribution is 7.98. The van der Waals surface area contributed by atoms with E-state index in [1.54, 1.807) is 74.5 Å². The fraction of sp³-hybridized carbons (Fsp3) is 0.581. The third kappa shape index (κ3) is 11.0. The van der Waals surface area contributed by atoms with Crippen molar-refractivity contribution in [2.75, 3.05) is 45.0 Å². The Morgan fingerprint density at radius 3 is 1.66 bits per heavy atom. The third-order valence-electron chi connectivity index (χ3n) is 7.78. The van der Waals surface area contributed by atoms with Crippen molar-refractivity contribution in [3.63, 3.8) is 0 Å². The van der Waals surface area contributed by atoms with E-state index in [0.717, 1.165) is 0 Å². The van der Waals surface area contributed by atoms with Crippen LogP contribution in [-0.4, -0.2) is 84.1 Å². The van der Waals surface area contributed by atoms with Crippen LogP contribution in [0.5, 0.6) is 0 Å². The number of nitrogens with two attached hydrogens (primary N) is 1. The molecule has 19 heteroatoms. The van der Waals surface area contributed by atoms with Gasteiger partial charge in [-0.15, -0.1) is 0 Å². The van der Waals surface area contributed by atoms with E-state index in [9.17, 15) is 28.3 Å². The van der Waals surface area contributed by atoms with Gasteiger partial charge in [-0.1, -0.05) is 60.7 Å². The fourth-order valence-electron chi connectivity index (χ4n) is 5.63. The van der Waals surface area contributed by atoms with Crippen LogP contribution in [0, 0.1) is 0 Å². The van der Waals surface area contributed by atoms with Crippen LogP contribution >= 0.6 is 35.0 Å². The van der Waals surface area contributed by atoms with Crippen LogP contribution in [0.15, 0.2) is 60.7 Å². The lowest BCUT2D eigenvalue weighted by Crippen LogP contribution is -2.72. The highest BCUT2D eigenvalue weighted by Gasteiger charge is 2.62. The van der Waals surface area contributed by atoms with Crippen molar-refractivity contribution in [2.24, 2.45) is 5.73 Å². The van der Waals surface area contributed by atoms with Gasteiger partial charge in [0, 0.05) is 12.3 Å². The van der Waals surface area contributed by atoms with Crippen molar-refractivity contribution >= 4 is 41.0 Å². The van der Waals surface area contributed by atoms with Crippen LogP contribution in [0.25, 0.3) is 0 Å². The molecule has 50 heavy (non-hydrogen) atoms. The molecule has 0 saturated heterocycles. The zero-order valence-electron chi connectivity index (χ0n) is 29.5. The normalized spacial score (nSPS) is 17.9. The molecule has 6 atom stereocenters. The molecule has 5 N–H and O–H groups in total. The second-order valence-corrected chi connectivity index (χ2v) is 16.9. The number of phosphoric ester groups is 2. The molecule has 0 aromatic heterocycles. The first-order chi connectivity index (χ1) is 23.5. The summed E-state index contributed by atoms with van der Waals surface area (Å²) in [6, 6.07) is 17.8. The largest absolute Gasteiger partial charge is 0.472 e. The maximum Gasteiger partial charge on any atom is 0.472 e. The number of hydrogen-bond acceptors (Lipinski definition) is 14. The zero-order chi connectivity index (χ0) is 37.6.